The molecular formula is C14H22Cl2N4OSi. The molecule has 2 aromatic rings. The molecule has 0 unspecified atom stereocenters. The number of halogens is 2. The van der Waals surface area contributed by atoms with Gasteiger partial charge in [-0.1, -0.05) is 31.2 Å². The second-order valence-corrected chi connectivity index (χ2v) is 12.7. The van der Waals surface area contributed by atoms with Gasteiger partial charge < -0.3 is 14.6 Å². The summed E-state index contributed by atoms with van der Waals surface area (Å²) in [5.74, 6) is 0.656. The molecule has 0 amide bonds. The Bertz CT molecular complexity index is 654. The van der Waals surface area contributed by atoms with Crippen molar-refractivity contribution in [3.63, 3.8) is 0 Å². The fourth-order valence-corrected chi connectivity index (χ4v) is 3.26. The summed E-state index contributed by atoms with van der Waals surface area (Å²) in [6, 6.07) is 1.12. The second kappa shape index (κ2) is 7.17. The summed E-state index contributed by atoms with van der Waals surface area (Å²) in [4.78, 5) is 8.49. The van der Waals surface area contributed by atoms with Gasteiger partial charge in [-0.05, 0) is 24.6 Å². The number of aromatic nitrogens is 3. The van der Waals surface area contributed by atoms with Gasteiger partial charge >= 0.3 is 0 Å². The third kappa shape index (κ3) is 4.35. The Morgan fingerprint density at radius 1 is 1.27 bits per heavy atom. The minimum Gasteiger partial charge on any atom is -0.370 e. The predicted octanol–water partition coefficient (Wildman–Crippen LogP) is 4.48. The molecule has 0 aliphatic rings. The van der Waals surface area contributed by atoms with Crippen LogP contribution in [0.2, 0.25) is 36.0 Å². The van der Waals surface area contributed by atoms with Crippen LogP contribution in [0.1, 0.15) is 6.92 Å². The van der Waals surface area contributed by atoms with Gasteiger partial charge in [0, 0.05) is 27.4 Å². The van der Waals surface area contributed by atoms with Crippen molar-refractivity contribution in [1.82, 2.24) is 14.5 Å². The van der Waals surface area contributed by atoms with Gasteiger partial charge in [-0.25, -0.2) is 0 Å². The van der Waals surface area contributed by atoms with E-state index in [1.807, 2.05) is 17.7 Å². The first-order valence-electron chi connectivity index (χ1n) is 7.35. The largest absolute Gasteiger partial charge is 0.370 e. The summed E-state index contributed by atoms with van der Waals surface area (Å²) < 4.78 is 7.64. The molecule has 22 heavy (non-hydrogen) atoms. The number of nitrogens with one attached hydrogen (secondary N) is 1. The van der Waals surface area contributed by atoms with E-state index in [1.54, 1.807) is 0 Å². The Labute approximate surface area is 142 Å². The highest BCUT2D eigenvalue weighted by Crippen LogP contribution is 2.31. The molecule has 0 aromatic carbocycles. The van der Waals surface area contributed by atoms with Gasteiger partial charge in [0.15, 0.2) is 5.65 Å². The van der Waals surface area contributed by atoms with Crippen molar-refractivity contribution < 1.29 is 4.74 Å². The first-order chi connectivity index (χ1) is 10.3. The molecule has 0 saturated carbocycles. The number of ether oxygens (including phenoxy) is 1. The fraction of sp³-hybridized carbons (Fsp3) is 0.571. The Kier molecular flexibility index (Phi) is 5.71. The van der Waals surface area contributed by atoms with Gasteiger partial charge in [-0.3, -0.25) is 0 Å². The van der Waals surface area contributed by atoms with Gasteiger partial charge in [0.25, 0.3) is 0 Å². The van der Waals surface area contributed by atoms with Crippen LogP contribution in [0.4, 0.5) is 5.82 Å². The van der Waals surface area contributed by atoms with Crippen molar-refractivity contribution in [2.75, 3.05) is 18.5 Å². The molecule has 0 saturated heterocycles. The highest BCUT2D eigenvalue weighted by Gasteiger charge is 2.16. The minimum atomic E-state index is -1.09. The van der Waals surface area contributed by atoms with Gasteiger partial charge in [-0.15, -0.1) is 0 Å². The van der Waals surface area contributed by atoms with E-state index in [2.05, 4.69) is 34.9 Å². The molecular weight excluding hydrogens is 339 g/mol. The molecule has 5 nitrogen and oxygen atoms in total. The molecule has 8 heteroatoms. The standard InChI is InChI=1S/C14H22Cl2N4OSi/c1-5-17-12-11-10(15)8-20(13(11)19-14(16)18-12)9-21-6-7-22(2,3)4/h8H,5-7,9H2,1-4H3,(H,17,18,19). The molecule has 0 fully saturated rings. The minimum absolute atomic E-state index is 0.196. The average molecular weight is 361 g/mol. The maximum absolute atomic E-state index is 6.32. The maximum Gasteiger partial charge on any atom is 0.226 e. The van der Waals surface area contributed by atoms with Gasteiger partial charge in [0.1, 0.15) is 12.5 Å². The van der Waals surface area contributed by atoms with E-state index in [9.17, 15) is 0 Å². The van der Waals surface area contributed by atoms with Crippen LogP contribution in [0.25, 0.3) is 11.0 Å². The molecule has 0 atom stereocenters. The van der Waals surface area contributed by atoms with Crippen molar-refractivity contribution in [2.24, 2.45) is 0 Å². The average Bonchev–Trinajstić information content (AvgIpc) is 2.70. The lowest BCUT2D eigenvalue weighted by molar-refractivity contribution is 0.0899. The predicted molar refractivity (Wildman–Crippen MR) is 95.8 cm³/mol. The molecule has 2 rings (SSSR count). The molecule has 0 aliphatic heterocycles. The Balaban J connectivity index is 2.20. The van der Waals surface area contributed by atoms with Crippen LogP contribution in [0, 0.1) is 0 Å². The first kappa shape index (κ1) is 17.5. The molecule has 0 spiro atoms. The third-order valence-electron chi connectivity index (χ3n) is 3.21. The molecule has 2 heterocycles. The van der Waals surface area contributed by atoms with Crippen LogP contribution < -0.4 is 5.32 Å². The Morgan fingerprint density at radius 2 is 2.00 bits per heavy atom. The van der Waals surface area contributed by atoms with E-state index in [4.69, 9.17) is 27.9 Å². The topological polar surface area (TPSA) is 52.0 Å². The SMILES string of the molecule is CCNc1nc(Cl)nc2c1c(Cl)cn2COCC[Si](C)(C)C. The first-order valence-corrected chi connectivity index (χ1v) is 11.8. The number of anilines is 1. The molecule has 2 aromatic heterocycles. The highest BCUT2D eigenvalue weighted by atomic mass is 35.5. The van der Waals surface area contributed by atoms with E-state index in [-0.39, 0.29) is 5.28 Å². The van der Waals surface area contributed by atoms with Crippen molar-refractivity contribution in [1.29, 1.82) is 0 Å². The normalized spacial score (nSPS) is 12.1. The maximum atomic E-state index is 6.32. The van der Waals surface area contributed by atoms with Gasteiger partial charge in [-0.2, -0.15) is 9.97 Å². The van der Waals surface area contributed by atoms with E-state index in [0.29, 0.717) is 23.2 Å². The third-order valence-corrected chi connectivity index (χ3v) is 5.37. The van der Waals surface area contributed by atoms with E-state index in [1.165, 1.54) is 0 Å². The zero-order valence-corrected chi connectivity index (χ0v) is 15.9. The van der Waals surface area contributed by atoms with Crippen LogP contribution in [0.3, 0.4) is 0 Å². The van der Waals surface area contributed by atoms with E-state index >= 15 is 0 Å². The van der Waals surface area contributed by atoms with Crippen molar-refractivity contribution in [2.45, 2.75) is 39.3 Å². The van der Waals surface area contributed by atoms with Gasteiger partial charge in [0.05, 0.1) is 10.4 Å². The lowest BCUT2D eigenvalue weighted by Crippen LogP contribution is -2.22. The lowest BCUT2D eigenvalue weighted by Gasteiger charge is -2.15. The molecule has 1 N–H and O–H groups in total. The summed E-state index contributed by atoms with van der Waals surface area (Å²) in [5.41, 5.74) is 0.689. The number of hydrogen-bond donors (Lipinski definition) is 1. The van der Waals surface area contributed by atoms with Crippen LogP contribution in [0.5, 0.6) is 0 Å². The lowest BCUT2D eigenvalue weighted by atomic mass is 10.3. The Morgan fingerprint density at radius 3 is 2.64 bits per heavy atom. The molecule has 122 valence electrons. The molecule has 0 bridgehead atoms. The summed E-state index contributed by atoms with van der Waals surface area (Å²) in [6.07, 6.45) is 1.81. The van der Waals surface area contributed by atoms with Gasteiger partial charge in [0.2, 0.25) is 5.28 Å². The number of nitrogens with zero attached hydrogens (tertiary/aromatic N) is 3. The molecule has 0 aliphatic carbocycles. The van der Waals surface area contributed by atoms with Crippen LogP contribution in [0.15, 0.2) is 6.20 Å². The van der Waals surface area contributed by atoms with Crippen molar-refractivity contribution >= 4 is 48.1 Å². The highest BCUT2D eigenvalue weighted by molar-refractivity contribution is 6.76. The summed E-state index contributed by atoms with van der Waals surface area (Å²) in [6.45, 7) is 10.9. The number of rotatable bonds is 7. The summed E-state index contributed by atoms with van der Waals surface area (Å²) >= 11 is 12.3. The van der Waals surface area contributed by atoms with E-state index < -0.39 is 8.07 Å². The fourth-order valence-electron chi connectivity index (χ4n) is 2.05. The zero-order chi connectivity index (χ0) is 16.3. The quantitative estimate of drug-likeness (QED) is 0.449. The smallest absolute Gasteiger partial charge is 0.226 e. The monoisotopic (exact) mass is 360 g/mol. The van der Waals surface area contributed by atoms with Crippen molar-refractivity contribution in [3.8, 4) is 0 Å². The second-order valence-electron chi connectivity index (χ2n) is 6.37. The summed E-state index contributed by atoms with van der Waals surface area (Å²) in [5, 5.41) is 4.73. The van der Waals surface area contributed by atoms with Crippen LogP contribution in [-0.2, 0) is 11.5 Å². The number of fused-ring (bicyclic) bond motifs is 1. The Hall–Kier alpha value is -0.823. The number of hydrogen-bond acceptors (Lipinski definition) is 4. The summed E-state index contributed by atoms with van der Waals surface area (Å²) in [7, 11) is -1.09. The van der Waals surface area contributed by atoms with Crippen molar-refractivity contribution in [3.05, 3.63) is 16.5 Å². The molecule has 0 radical (unpaired) electrons. The van der Waals surface area contributed by atoms with Crippen LogP contribution in [-0.4, -0.2) is 35.8 Å². The van der Waals surface area contributed by atoms with Crippen LogP contribution >= 0.6 is 23.2 Å². The zero-order valence-electron chi connectivity index (χ0n) is 13.4. The van der Waals surface area contributed by atoms with E-state index in [0.717, 1.165) is 24.6 Å².